The number of carboxylic acid groups (broad SMARTS) is 1. The molecule has 0 bridgehead atoms. The van der Waals surface area contributed by atoms with Crippen molar-refractivity contribution in [2.45, 2.75) is 37.1 Å². The van der Waals surface area contributed by atoms with Gasteiger partial charge < -0.3 is 10.4 Å². The lowest BCUT2D eigenvalue weighted by Gasteiger charge is -2.16. The van der Waals surface area contributed by atoms with Crippen molar-refractivity contribution in [1.29, 1.82) is 0 Å². The van der Waals surface area contributed by atoms with Crippen LogP contribution in [0.3, 0.4) is 0 Å². The van der Waals surface area contributed by atoms with Crippen LogP contribution in [0.1, 0.15) is 36.5 Å². The van der Waals surface area contributed by atoms with E-state index in [4.69, 9.17) is 5.11 Å². The van der Waals surface area contributed by atoms with Crippen molar-refractivity contribution in [2.75, 3.05) is 4.72 Å². The quantitative estimate of drug-likeness (QED) is 0.609. The molecule has 27 heavy (non-hydrogen) atoms. The van der Waals surface area contributed by atoms with Crippen molar-refractivity contribution < 1.29 is 23.1 Å². The van der Waals surface area contributed by atoms with Crippen molar-refractivity contribution in [3.8, 4) is 0 Å². The molecule has 0 unspecified atom stereocenters. The number of sulfonamides is 1. The van der Waals surface area contributed by atoms with Crippen LogP contribution in [-0.4, -0.2) is 31.4 Å². The SMILES string of the molecule is CCC[C@H](CC(=O)O)NC(=O)c1cccc(NS(=O)(=O)c2ccccc2)c1. The van der Waals surface area contributed by atoms with E-state index in [0.717, 1.165) is 6.42 Å². The zero-order valence-electron chi connectivity index (χ0n) is 14.9. The summed E-state index contributed by atoms with van der Waals surface area (Å²) < 4.78 is 27.2. The van der Waals surface area contributed by atoms with E-state index in [1.807, 2.05) is 6.92 Å². The summed E-state index contributed by atoms with van der Waals surface area (Å²) in [5, 5.41) is 11.6. The number of hydrogen-bond acceptors (Lipinski definition) is 4. The van der Waals surface area contributed by atoms with Crippen molar-refractivity contribution in [3.63, 3.8) is 0 Å². The van der Waals surface area contributed by atoms with Gasteiger partial charge in [0, 0.05) is 17.3 Å². The van der Waals surface area contributed by atoms with Gasteiger partial charge in [0.15, 0.2) is 0 Å². The highest BCUT2D eigenvalue weighted by molar-refractivity contribution is 7.92. The second-order valence-electron chi connectivity index (χ2n) is 6.06. The first-order chi connectivity index (χ1) is 12.8. The van der Waals surface area contributed by atoms with Crippen molar-refractivity contribution >= 4 is 27.6 Å². The maximum atomic E-state index is 12.4. The van der Waals surface area contributed by atoms with E-state index in [0.29, 0.717) is 6.42 Å². The first kappa shape index (κ1) is 20.4. The van der Waals surface area contributed by atoms with E-state index in [2.05, 4.69) is 10.0 Å². The minimum absolute atomic E-state index is 0.115. The average molecular weight is 390 g/mol. The molecule has 0 spiro atoms. The summed E-state index contributed by atoms with van der Waals surface area (Å²) in [7, 11) is -3.76. The molecule has 2 rings (SSSR count). The van der Waals surface area contributed by atoms with E-state index in [-0.39, 0.29) is 22.6 Å². The van der Waals surface area contributed by atoms with Gasteiger partial charge in [0.25, 0.3) is 15.9 Å². The number of anilines is 1. The van der Waals surface area contributed by atoms with E-state index in [1.54, 1.807) is 30.3 Å². The second kappa shape index (κ2) is 9.18. The molecule has 0 aliphatic heterocycles. The summed E-state index contributed by atoms with van der Waals surface area (Å²) >= 11 is 0. The minimum atomic E-state index is -3.76. The third-order valence-electron chi connectivity index (χ3n) is 3.82. The molecule has 8 heteroatoms. The summed E-state index contributed by atoms with van der Waals surface area (Å²) in [5.41, 5.74) is 0.492. The number of carbonyl (C=O) groups excluding carboxylic acids is 1. The standard InChI is InChI=1S/C19H22N2O5S/c1-2-7-15(13-18(22)23)20-19(24)14-8-6-9-16(12-14)21-27(25,26)17-10-4-3-5-11-17/h3-6,8-12,15,21H,2,7,13H2,1H3,(H,20,24)(H,22,23)/t15-/m1/s1. The summed E-state index contributed by atoms with van der Waals surface area (Å²) in [4.78, 5) is 23.5. The zero-order chi connectivity index (χ0) is 19.9. The van der Waals surface area contributed by atoms with Crippen LogP contribution in [0.25, 0.3) is 0 Å². The molecule has 7 nitrogen and oxygen atoms in total. The van der Waals surface area contributed by atoms with Crippen LogP contribution in [0, 0.1) is 0 Å². The Hall–Kier alpha value is -2.87. The Labute approximate surface area is 158 Å². The van der Waals surface area contributed by atoms with Gasteiger partial charge in [-0.1, -0.05) is 37.6 Å². The van der Waals surface area contributed by atoms with Crippen LogP contribution in [0.2, 0.25) is 0 Å². The van der Waals surface area contributed by atoms with Gasteiger partial charge in [-0.15, -0.1) is 0 Å². The molecular formula is C19H22N2O5S. The number of nitrogens with one attached hydrogen (secondary N) is 2. The third-order valence-corrected chi connectivity index (χ3v) is 5.22. The molecule has 0 aliphatic carbocycles. The molecule has 0 saturated heterocycles. The Morgan fingerprint density at radius 3 is 2.41 bits per heavy atom. The van der Waals surface area contributed by atoms with E-state index < -0.39 is 27.9 Å². The van der Waals surface area contributed by atoms with Crippen LogP contribution in [-0.2, 0) is 14.8 Å². The number of carbonyl (C=O) groups is 2. The Kier molecular flexibility index (Phi) is 6.95. The highest BCUT2D eigenvalue weighted by Gasteiger charge is 2.18. The van der Waals surface area contributed by atoms with Gasteiger partial charge in [-0.3, -0.25) is 14.3 Å². The van der Waals surface area contributed by atoms with E-state index in [9.17, 15) is 18.0 Å². The zero-order valence-corrected chi connectivity index (χ0v) is 15.7. The van der Waals surface area contributed by atoms with Gasteiger partial charge in [0.05, 0.1) is 11.3 Å². The fourth-order valence-electron chi connectivity index (χ4n) is 2.59. The van der Waals surface area contributed by atoms with E-state index >= 15 is 0 Å². The third kappa shape index (κ3) is 6.10. The van der Waals surface area contributed by atoms with Crippen LogP contribution in [0.4, 0.5) is 5.69 Å². The lowest BCUT2D eigenvalue weighted by molar-refractivity contribution is -0.137. The number of amides is 1. The first-order valence-electron chi connectivity index (χ1n) is 8.52. The topological polar surface area (TPSA) is 113 Å². The maximum absolute atomic E-state index is 12.4. The Morgan fingerprint density at radius 1 is 1.07 bits per heavy atom. The number of benzene rings is 2. The molecule has 144 valence electrons. The fraction of sp³-hybridized carbons (Fsp3) is 0.263. The summed E-state index contributed by atoms with van der Waals surface area (Å²) in [6, 6.07) is 13.5. The molecule has 2 aromatic carbocycles. The maximum Gasteiger partial charge on any atom is 0.305 e. The molecule has 0 aliphatic rings. The number of rotatable bonds is 9. The van der Waals surface area contributed by atoms with Gasteiger partial charge in [-0.25, -0.2) is 8.42 Å². The monoisotopic (exact) mass is 390 g/mol. The normalized spacial score (nSPS) is 12.2. The van der Waals surface area contributed by atoms with E-state index in [1.165, 1.54) is 24.3 Å². The van der Waals surface area contributed by atoms with Crippen molar-refractivity contribution in [3.05, 3.63) is 60.2 Å². The predicted molar refractivity (Wildman–Crippen MR) is 102 cm³/mol. The summed E-state index contributed by atoms with van der Waals surface area (Å²) in [5.74, 6) is -1.44. The molecular weight excluding hydrogens is 368 g/mol. The summed E-state index contributed by atoms with van der Waals surface area (Å²) in [6.45, 7) is 1.90. The van der Waals surface area contributed by atoms with Crippen LogP contribution in [0.15, 0.2) is 59.5 Å². The molecule has 0 fully saturated rings. The number of hydrogen-bond donors (Lipinski definition) is 3. The molecule has 2 aromatic rings. The minimum Gasteiger partial charge on any atom is -0.481 e. The Morgan fingerprint density at radius 2 is 1.78 bits per heavy atom. The highest BCUT2D eigenvalue weighted by Crippen LogP contribution is 2.17. The largest absolute Gasteiger partial charge is 0.481 e. The summed E-state index contributed by atoms with van der Waals surface area (Å²) in [6.07, 6.45) is 1.10. The van der Waals surface area contributed by atoms with Crippen molar-refractivity contribution in [2.24, 2.45) is 0 Å². The average Bonchev–Trinajstić information content (AvgIpc) is 2.62. The van der Waals surface area contributed by atoms with Gasteiger partial charge in [0.1, 0.15) is 0 Å². The molecule has 0 aromatic heterocycles. The predicted octanol–water partition coefficient (Wildman–Crippen LogP) is 2.86. The van der Waals surface area contributed by atoms with Crippen molar-refractivity contribution in [1.82, 2.24) is 5.32 Å². The van der Waals surface area contributed by atoms with Gasteiger partial charge >= 0.3 is 5.97 Å². The van der Waals surface area contributed by atoms with Gasteiger partial charge in [-0.05, 0) is 36.8 Å². The molecule has 1 amide bonds. The van der Waals surface area contributed by atoms with Crippen LogP contribution in [0.5, 0.6) is 0 Å². The van der Waals surface area contributed by atoms with Crippen LogP contribution >= 0.6 is 0 Å². The first-order valence-corrected chi connectivity index (χ1v) is 10.0. The Balaban J connectivity index is 2.14. The van der Waals surface area contributed by atoms with Crippen LogP contribution < -0.4 is 10.0 Å². The second-order valence-corrected chi connectivity index (χ2v) is 7.74. The number of carboxylic acids is 1. The molecule has 1 atom stereocenters. The molecule has 0 saturated carbocycles. The van der Waals surface area contributed by atoms with Gasteiger partial charge in [0.2, 0.25) is 0 Å². The molecule has 0 heterocycles. The number of aliphatic carboxylic acids is 1. The Bertz CT molecular complexity index is 897. The lowest BCUT2D eigenvalue weighted by Crippen LogP contribution is -2.36. The fourth-order valence-corrected chi connectivity index (χ4v) is 3.66. The molecule has 3 N–H and O–H groups in total. The van der Waals surface area contributed by atoms with Gasteiger partial charge in [-0.2, -0.15) is 0 Å². The highest BCUT2D eigenvalue weighted by atomic mass is 32.2. The smallest absolute Gasteiger partial charge is 0.305 e. The molecule has 0 radical (unpaired) electrons. The lowest BCUT2D eigenvalue weighted by atomic mass is 10.1.